The third-order valence-corrected chi connectivity index (χ3v) is 3.73. The largest absolute Gasteiger partial charge is 0.496 e. The predicted octanol–water partition coefficient (Wildman–Crippen LogP) is 2.98. The summed E-state index contributed by atoms with van der Waals surface area (Å²) in [6.45, 7) is 7.77. The minimum atomic E-state index is 0.527. The first-order valence-corrected chi connectivity index (χ1v) is 6.01. The van der Waals surface area contributed by atoms with Gasteiger partial charge in [0.1, 0.15) is 5.75 Å². The summed E-state index contributed by atoms with van der Waals surface area (Å²) in [5.74, 6) is 1.78. The first-order valence-electron chi connectivity index (χ1n) is 6.01. The molecular weight excluding hydrogens is 198 g/mol. The zero-order chi connectivity index (χ0) is 11.7. The van der Waals surface area contributed by atoms with Gasteiger partial charge in [0.05, 0.1) is 7.11 Å². The topological polar surface area (TPSA) is 21.3 Å². The third kappa shape index (κ3) is 1.94. The SMILES string of the molecule is COc1ccc(C2CC(C)CN2)c(C)c1C. The molecule has 2 rings (SSSR count). The number of benzene rings is 1. The smallest absolute Gasteiger partial charge is 0.122 e. The first-order chi connectivity index (χ1) is 7.63. The number of nitrogens with one attached hydrogen (secondary N) is 1. The Labute approximate surface area is 98.0 Å². The lowest BCUT2D eigenvalue weighted by atomic mass is 9.94. The second-order valence-electron chi connectivity index (χ2n) is 4.91. The highest BCUT2D eigenvalue weighted by Gasteiger charge is 2.24. The van der Waals surface area contributed by atoms with Gasteiger partial charge in [-0.05, 0) is 55.5 Å². The van der Waals surface area contributed by atoms with Crippen molar-refractivity contribution in [2.45, 2.75) is 33.2 Å². The third-order valence-electron chi connectivity index (χ3n) is 3.73. The fourth-order valence-corrected chi connectivity index (χ4v) is 2.56. The molecule has 0 amide bonds. The summed E-state index contributed by atoms with van der Waals surface area (Å²) in [5, 5.41) is 3.59. The maximum Gasteiger partial charge on any atom is 0.122 e. The first kappa shape index (κ1) is 11.5. The van der Waals surface area contributed by atoms with E-state index in [9.17, 15) is 0 Å². The second kappa shape index (κ2) is 4.46. The van der Waals surface area contributed by atoms with Gasteiger partial charge < -0.3 is 10.1 Å². The van der Waals surface area contributed by atoms with Gasteiger partial charge in [-0.25, -0.2) is 0 Å². The number of methoxy groups -OCH3 is 1. The summed E-state index contributed by atoms with van der Waals surface area (Å²) in [6.07, 6.45) is 1.24. The Morgan fingerprint density at radius 3 is 2.56 bits per heavy atom. The quantitative estimate of drug-likeness (QED) is 0.825. The van der Waals surface area contributed by atoms with Crippen molar-refractivity contribution in [1.29, 1.82) is 0 Å². The van der Waals surface area contributed by atoms with Gasteiger partial charge >= 0.3 is 0 Å². The Hall–Kier alpha value is -1.02. The van der Waals surface area contributed by atoms with Crippen molar-refractivity contribution < 1.29 is 4.74 Å². The van der Waals surface area contributed by atoms with E-state index >= 15 is 0 Å². The van der Waals surface area contributed by atoms with Crippen LogP contribution in [0.1, 0.15) is 36.1 Å². The van der Waals surface area contributed by atoms with E-state index in [1.807, 2.05) is 0 Å². The van der Waals surface area contributed by atoms with Gasteiger partial charge in [0.15, 0.2) is 0 Å². The Balaban J connectivity index is 2.32. The molecule has 0 radical (unpaired) electrons. The number of rotatable bonds is 2. The molecule has 2 atom stereocenters. The molecule has 1 N–H and O–H groups in total. The van der Waals surface area contributed by atoms with Crippen molar-refractivity contribution in [3.8, 4) is 5.75 Å². The molecule has 0 bridgehead atoms. The second-order valence-corrected chi connectivity index (χ2v) is 4.91. The van der Waals surface area contributed by atoms with Gasteiger partial charge in [-0.15, -0.1) is 0 Å². The molecule has 1 aromatic rings. The number of hydrogen-bond acceptors (Lipinski definition) is 2. The molecule has 0 spiro atoms. The van der Waals surface area contributed by atoms with Crippen molar-refractivity contribution >= 4 is 0 Å². The van der Waals surface area contributed by atoms with E-state index in [0.29, 0.717) is 6.04 Å². The molecule has 16 heavy (non-hydrogen) atoms. The van der Waals surface area contributed by atoms with Crippen molar-refractivity contribution in [3.05, 3.63) is 28.8 Å². The summed E-state index contributed by atoms with van der Waals surface area (Å²) in [4.78, 5) is 0. The standard InChI is InChI=1S/C14H21NO/c1-9-7-13(15-8-9)12-5-6-14(16-4)11(3)10(12)2/h5-6,9,13,15H,7-8H2,1-4H3. The molecule has 1 saturated heterocycles. The van der Waals surface area contributed by atoms with Crippen LogP contribution in [-0.4, -0.2) is 13.7 Å². The average molecular weight is 219 g/mol. The fraction of sp³-hybridized carbons (Fsp3) is 0.571. The van der Waals surface area contributed by atoms with Crippen LogP contribution in [0, 0.1) is 19.8 Å². The Kier molecular flexibility index (Phi) is 3.20. The van der Waals surface area contributed by atoms with Crippen LogP contribution >= 0.6 is 0 Å². The predicted molar refractivity (Wildman–Crippen MR) is 67.0 cm³/mol. The van der Waals surface area contributed by atoms with Gasteiger partial charge in [-0.2, -0.15) is 0 Å². The number of ether oxygens (including phenoxy) is 1. The molecule has 1 heterocycles. The summed E-state index contributed by atoms with van der Waals surface area (Å²) < 4.78 is 5.34. The molecule has 0 saturated carbocycles. The lowest BCUT2D eigenvalue weighted by molar-refractivity contribution is 0.410. The van der Waals surface area contributed by atoms with Gasteiger partial charge in [-0.1, -0.05) is 13.0 Å². The number of hydrogen-bond donors (Lipinski definition) is 1. The summed E-state index contributed by atoms with van der Waals surface area (Å²) in [6, 6.07) is 4.82. The maximum absolute atomic E-state index is 5.34. The lowest BCUT2D eigenvalue weighted by Gasteiger charge is -2.17. The summed E-state index contributed by atoms with van der Waals surface area (Å²) >= 11 is 0. The molecule has 0 aliphatic carbocycles. The van der Waals surface area contributed by atoms with Crippen molar-refractivity contribution in [1.82, 2.24) is 5.32 Å². The molecule has 2 heteroatoms. The van der Waals surface area contributed by atoms with Gasteiger partial charge in [0, 0.05) is 6.04 Å². The van der Waals surface area contributed by atoms with Crippen LogP contribution in [0.2, 0.25) is 0 Å². The molecule has 2 unspecified atom stereocenters. The molecule has 0 aromatic heterocycles. The van der Waals surface area contributed by atoms with Gasteiger partial charge in [0.25, 0.3) is 0 Å². The Morgan fingerprint density at radius 2 is 2.00 bits per heavy atom. The van der Waals surface area contributed by atoms with E-state index in [2.05, 4.69) is 38.2 Å². The normalized spacial score (nSPS) is 24.8. The molecule has 1 aliphatic rings. The van der Waals surface area contributed by atoms with E-state index in [1.165, 1.54) is 23.1 Å². The minimum absolute atomic E-state index is 0.527. The van der Waals surface area contributed by atoms with Gasteiger partial charge in [-0.3, -0.25) is 0 Å². The minimum Gasteiger partial charge on any atom is -0.496 e. The van der Waals surface area contributed by atoms with Crippen LogP contribution in [0.25, 0.3) is 0 Å². The molecule has 1 aromatic carbocycles. The highest BCUT2D eigenvalue weighted by atomic mass is 16.5. The molecule has 2 nitrogen and oxygen atoms in total. The van der Waals surface area contributed by atoms with Crippen LogP contribution in [0.4, 0.5) is 0 Å². The molecule has 88 valence electrons. The van der Waals surface area contributed by atoms with E-state index in [0.717, 1.165) is 18.2 Å². The van der Waals surface area contributed by atoms with Crippen LogP contribution in [0.3, 0.4) is 0 Å². The van der Waals surface area contributed by atoms with Crippen LogP contribution in [-0.2, 0) is 0 Å². The molecule has 1 aliphatic heterocycles. The van der Waals surface area contributed by atoms with Crippen LogP contribution in [0.5, 0.6) is 5.75 Å². The van der Waals surface area contributed by atoms with E-state index in [-0.39, 0.29) is 0 Å². The summed E-state index contributed by atoms with van der Waals surface area (Å²) in [5.41, 5.74) is 4.06. The summed E-state index contributed by atoms with van der Waals surface area (Å²) in [7, 11) is 1.73. The van der Waals surface area contributed by atoms with Gasteiger partial charge in [0.2, 0.25) is 0 Å². The lowest BCUT2D eigenvalue weighted by Crippen LogP contribution is -2.15. The molecule has 1 fully saturated rings. The van der Waals surface area contributed by atoms with Crippen molar-refractivity contribution in [3.63, 3.8) is 0 Å². The van der Waals surface area contributed by atoms with E-state index < -0.39 is 0 Å². The Morgan fingerprint density at radius 1 is 1.25 bits per heavy atom. The zero-order valence-electron chi connectivity index (χ0n) is 10.6. The van der Waals surface area contributed by atoms with Crippen LogP contribution in [0.15, 0.2) is 12.1 Å². The highest BCUT2D eigenvalue weighted by molar-refractivity contribution is 5.45. The van der Waals surface area contributed by atoms with Crippen molar-refractivity contribution in [2.75, 3.05) is 13.7 Å². The fourth-order valence-electron chi connectivity index (χ4n) is 2.56. The zero-order valence-corrected chi connectivity index (χ0v) is 10.6. The average Bonchev–Trinajstić information content (AvgIpc) is 2.69. The Bertz CT molecular complexity index is 387. The highest BCUT2D eigenvalue weighted by Crippen LogP contribution is 2.33. The molecular formula is C14H21NO. The van der Waals surface area contributed by atoms with E-state index in [1.54, 1.807) is 7.11 Å². The monoisotopic (exact) mass is 219 g/mol. The maximum atomic E-state index is 5.34. The van der Waals surface area contributed by atoms with Crippen LogP contribution < -0.4 is 10.1 Å². The van der Waals surface area contributed by atoms with E-state index in [4.69, 9.17) is 4.74 Å². The van der Waals surface area contributed by atoms with Crippen molar-refractivity contribution in [2.24, 2.45) is 5.92 Å².